The molecule has 442 valence electrons. The third-order valence-electron chi connectivity index (χ3n) is 17.1. The molecule has 0 atom stereocenters. The molecule has 2 aromatic heterocycles. The van der Waals surface area contributed by atoms with Crippen molar-refractivity contribution in [1.82, 2.24) is 14.1 Å². The minimum absolute atomic E-state index is 0.0681. The molecule has 12 rings (SSSR count). The number of fused-ring (bicyclic) bond motifs is 7. The van der Waals surface area contributed by atoms with Crippen molar-refractivity contribution in [3.63, 3.8) is 0 Å². The third-order valence-corrected chi connectivity index (χ3v) is 18.1. The molecule has 0 amide bonds. The number of hydrogen-bond acceptors (Lipinski definition) is 4. The Morgan fingerprint density at radius 3 is 1.49 bits per heavy atom. The molecule has 9 aromatic carbocycles. The van der Waals surface area contributed by atoms with Gasteiger partial charge in [-0.1, -0.05) is 96.1 Å². The second-order valence-electron chi connectivity index (χ2n) is 28.6. The molecule has 0 bridgehead atoms. The summed E-state index contributed by atoms with van der Waals surface area (Å²) in [7, 11) is 0. The first kappa shape index (κ1) is 59.0. The molecule has 6 nitrogen and oxygen atoms in total. The zero-order chi connectivity index (χ0) is 61.5. The first-order valence-electron chi connectivity index (χ1n) is 30.6. The molecule has 11 aromatic rings. The van der Waals surface area contributed by atoms with E-state index in [4.69, 9.17) is 9.72 Å². The Balaban J connectivity index is 1.12. The van der Waals surface area contributed by atoms with Gasteiger partial charge in [-0.25, -0.2) is 0 Å². The van der Waals surface area contributed by atoms with Crippen molar-refractivity contribution < 1.29 is 24.1 Å². The number of pyridine rings is 1. The van der Waals surface area contributed by atoms with Crippen molar-refractivity contribution in [2.45, 2.75) is 131 Å². The Labute approximate surface area is 527 Å². The predicted molar refractivity (Wildman–Crippen MR) is 363 cm³/mol. The fourth-order valence-corrected chi connectivity index (χ4v) is 13.2. The average molecular weight is 1320 g/mol. The molecule has 87 heavy (non-hydrogen) atoms. The Morgan fingerprint density at radius 2 is 0.885 bits per heavy atom. The van der Waals surface area contributed by atoms with Crippen molar-refractivity contribution in [2.75, 3.05) is 9.80 Å². The van der Waals surface area contributed by atoms with Crippen LogP contribution in [0, 0.1) is 3.80 Å². The molecule has 0 radical (unpaired) electrons. The van der Waals surface area contributed by atoms with E-state index in [0.717, 1.165) is 105 Å². The Hall–Kier alpha value is -8.31. The van der Waals surface area contributed by atoms with Gasteiger partial charge in [0.05, 0.1) is 5.69 Å². The van der Waals surface area contributed by atoms with Gasteiger partial charge >= 0.3 is 348 Å². The van der Waals surface area contributed by atoms with Crippen molar-refractivity contribution in [2.24, 2.45) is 0 Å². The fourth-order valence-electron chi connectivity index (χ4n) is 12.1. The van der Waals surface area contributed by atoms with Gasteiger partial charge in [0.25, 0.3) is 0 Å². The van der Waals surface area contributed by atoms with Crippen LogP contribution in [0.3, 0.4) is 0 Å². The number of para-hydroxylation sites is 3. The molecule has 0 spiro atoms. The first-order valence-corrected chi connectivity index (χ1v) is 31.7. The molecule has 7 heteroatoms. The fraction of sp³-hybridized carbons (Fsp3) is 0.250. The minimum atomic E-state index is -0.367. The van der Waals surface area contributed by atoms with Gasteiger partial charge in [-0.2, -0.15) is 0 Å². The van der Waals surface area contributed by atoms with Crippen LogP contribution in [0.25, 0.3) is 55.8 Å². The van der Waals surface area contributed by atoms with E-state index < -0.39 is 0 Å². The SMILES string of the molecule is CC(C)(C)c1cc(-n2[c](=[Pt])n(-c3cccc(Oc4cc5c(cc4C(C)(C)C)-c4ccccc4N(c4ccccc4)c4ccccc4-c4cc(C(C)(C)C)ccc4N5c4cc(C(C)(C)C)ccn4)c3)c3ccc(-c4ccccc4)cc32)cc(C(C)(C)C)c1. The van der Waals surface area contributed by atoms with Crippen LogP contribution >= 0.6 is 0 Å². The summed E-state index contributed by atoms with van der Waals surface area (Å²) < 4.78 is 13.5. The first-order chi connectivity index (χ1) is 41.2. The van der Waals surface area contributed by atoms with E-state index >= 15 is 0 Å². The van der Waals surface area contributed by atoms with Crippen LogP contribution in [0.5, 0.6) is 11.5 Å². The summed E-state index contributed by atoms with van der Waals surface area (Å²) in [6.07, 6.45) is 1.98. The van der Waals surface area contributed by atoms with Gasteiger partial charge in [0.15, 0.2) is 0 Å². The predicted octanol–water partition coefficient (Wildman–Crippen LogP) is 22.4. The van der Waals surface area contributed by atoms with E-state index in [9.17, 15) is 0 Å². The summed E-state index contributed by atoms with van der Waals surface area (Å²) in [6, 6.07) is 78.3. The van der Waals surface area contributed by atoms with E-state index in [1.165, 1.54) is 27.8 Å². The summed E-state index contributed by atoms with van der Waals surface area (Å²) in [5, 5.41) is 0. The monoisotopic (exact) mass is 1320 g/mol. The molecule has 0 fully saturated rings. The quantitative estimate of drug-likeness (QED) is 0.159. The number of aromatic nitrogens is 3. The third kappa shape index (κ3) is 11.4. The number of rotatable bonds is 7. The van der Waals surface area contributed by atoms with Crippen LogP contribution in [-0.4, -0.2) is 14.1 Å². The second-order valence-corrected chi connectivity index (χ2v) is 29.7. The number of nitrogens with zero attached hydrogens (tertiary/aromatic N) is 5. The van der Waals surface area contributed by atoms with E-state index in [1.54, 1.807) is 0 Å². The van der Waals surface area contributed by atoms with Gasteiger partial charge in [0.2, 0.25) is 0 Å². The van der Waals surface area contributed by atoms with Crippen LogP contribution < -0.4 is 14.5 Å². The summed E-state index contributed by atoms with van der Waals surface area (Å²) >= 11 is 2.55. The van der Waals surface area contributed by atoms with Gasteiger partial charge in [-0.3, -0.25) is 0 Å². The molecular formula is C80H81N5OPt. The summed E-state index contributed by atoms with van der Waals surface area (Å²) in [6.45, 7) is 34.5. The Morgan fingerprint density at radius 1 is 0.345 bits per heavy atom. The van der Waals surface area contributed by atoms with Gasteiger partial charge in [0, 0.05) is 17.4 Å². The average Bonchev–Trinajstić information content (AvgIpc) is 1.69. The van der Waals surface area contributed by atoms with E-state index in [2.05, 4.69) is 354 Å². The zero-order valence-corrected chi connectivity index (χ0v) is 55.5. The second kappa shape index (κ2) is 22.1. The summed E-state index contributed by atoms with van der Waals surface area (Å²) in [5.74, 6) is 2.31. The maximum absolute atomic E-state index is 7.59. The van der Waals surface area contributed by atoms with Crippen LogP contribution in [0.15, 0.2) is 219 Å². The van der Waals surface area contributed by atoms with E-state index in [0.29, 0.717) is 0 Å². The van der Waals surface area contributed by atoms with Crippen molar-refractivity contribution in [3.05, 3.63) is 250 Å². The van der Waals surface area contributed by atoms with Gasteiger partial charge in [-0.15, -0.1) is 0 Å². The van der Waals surface area contributed by atoms with Gasteiger partial charge < -0.3 is 4.90 Å². The van der Waals surface area contributed by atoms with Crippen molar-refractivity contribution in [3.8, 4) is 56.3 Å². The van der Waals surface area contributed by atoms with E-state index in [1.807, 2.05) is 6.20 Å². The van der Waals surface area contributed by atoms with Crippen LogP contribution in [0.4, 0.5) is 34.3 Å². The van der Waals surface area contributed by atoms with Gasteiger partial charge in [0.1, 0.15) is 0 Å². The molecule has 0 unspecified atom stereocenters. The zero-order valence-electron chi connectivity index (χ0n) is 53.2. The normalized spacial score (nSPS) is 13.0. The molecule has 0 saturated carbocycles. The van der Waals surface area contributed by atoms with Crippen molar-refractivity contribution >= 4 is 45.3 Å². The molecule has 0 saturated heterocycles. The molecular weight excluding hydrogens is 1240 g/mol. The topological polar surface area (TPSA) is 38.5 Å². The number of ether oxygens (including phenoxy) is 1. The molecule has 0 N–H and O–H groups in total. The number of benzene rings is 9. The number of anilines is 6. The van der Waals surface area contributed by atoms with Crippen LogP contribution in [0.2, 0.25) is 0 Å². The molecule has 1 aliphatic rings. The standard InChI is InChI=1S/C80H81N5O.Pt/c1-76(2,3)55-38-40-70-65(47-55)63-33-22-24-35-68(63)84(59-29-20-17-21-30-59)69-36-25-23-34-64(69)66-50-67(80(13,14)15)74(51-72(66)85(70)75-48-56(41-42-81-75)77(4,5)6)86-62-32-26-31-60(49-62)82-52-83(61-45-57(78(7,8)9)44-58(46-61)79(10,11)12)73-43-54(37-39-71(73)82)53-27-18-16-19-28-53;/h16-51H,1-15H3;. The van der Waals surface area contributed by atoms with Crippen molar-refractivity contribution in [1.29, 1.82) is 0 Å². The van der Waals surface area contributed by atoms with Crippen LogP contribution in [0.1, 0.15) is 132 Å². The summed E-state index contributed by atoms with van der Waals surface area (Å²) in [4.78, 5) is 10.2. The summed E-state index contributed by atoms with van der Waals surface area (Å²) in [5.41, 5.74) is 21.5. The Bertz CT molecular complexity index is 4440. The maximum atomic E-state index is 7.59. The Kier molecular flexibility index (Phi) is 15.0. The van der Waals surface area contributed by atoms with Crippen LogP contribution in [-0.2, 0) is 46.4 Å². The number of hydrogen-bond donors (Lipinski definition) is 0. The van der Waals surface area contributed by atoms with E-state index in [-0.39, 0.29) is 27.1 Å². The molecule has 3 heterocycles. The molecule has 1 aliphatic heterocycles. The number of imidazole rings is 1. The van der Waals surface area contributed by atoms with Gasteiger partial charge in [-0.05, 0) is 58.4 Å². The molecule has 0 aliphatic carbocycles.